The third-order valence-electron chi connectivity index (χ3n) is 12.5. The molecule has 0 bridgehead atoms. The summed E-state index contributed by atoms with van der Waals surface area (Å²) in [4.78, 5) is 12.6. The summed E-state index contributed by atoms with van der Waals surface area (Å²) in [6.45, 7) is 4.06. The van der Waals surface area contributed by atoms with Gasteiger partial charge in [0.05, 0.1) is 18.8 Å². The first kappa shape index (κ1) is 60.3. The molecule has 6 nitrogen and oxygen atoms in total. The lowest BCUT2D eigenvalue weighted by Crippen LogP contribution is -2.53. The number of nitrogens with one attached hydrogen (secondary N) is 1. The molecule has 0 spiro atoms. The van der Waals surface area contributed by atoms with E-state index in [0.29, 0.717) is 19.3 Å². The third kappa shape index (κ3) is 43.5. The Bertz CT molecular complexity index is 1020. The fourth-order valence-corrected chi connectivity index (χ4v) is 8.20. The highest BCUT2D eigenvalue weighted by Crippen LogP contribution is 2.16. The molecule has 0 radical (unpaired) electrons. The van der Waals surface area contributed by atoms with E-state index < -0.39 is 36.9 Å². The zero-order chi connectivity index (χ0) is 45.2. The average Bonchev–Trinajstić information content (AvgIpc) is 3.28. The zero-order valence-electron chi connectivity index (χ0n) is 41.1. The van der Waals surface area contributed by atoms with Gasteiger partial charge in [-0.3, -0.25) is 4.79 Å². The zero-order valence-corrected chi connectivity index (χ0v) is 41.1. The average molecular weight is 872 g/mol. The molecule has 0 heterocycles. The van der Waals surface area contributed by atoms with Crippen LogP contribution in [0.25, 0.3) is 0 Å². The Morgan fingerprint density at radius 3 is 1.02 bits per heavy atom. The van der Waals surface area contributed by atoms with Crippen LogP contribution in [0.15, 0.2) is 48.6 Å². The Morgan fingerprint density at radius 2 is 0.677 bits per heavy atom. The summed E-state index contributed by atoms with van der Waals surface area (Å²) in [6, 6.07) is -1.02. The Kier molecular flexibility index (Phi) is 48.9. The number of amides is 1. The SMILES string of the molecule is CCCCCCCCCCCC/C=C\CCCCCCCCC(O)C(=O)NC(CO)C(O)C(O)CCC/C=C/CC/C=C/CC/C=C/CCCCCCCCCCCCCCC. The van der Waals surface area contributed by atoms with Crippen LogP contribution in [0.5, 0.6) is 0 Å². The van der Waals surface area contributed by atoms with Gasteiger partial charge in [0.1, 0.15) is 12.2 Å². The van der Waals surface area contributed by atoms with Gasteiger partial charge in [0.15, 0.2) is 0 Å². The minimum atomic E-state index is -1.30. The second-order valence-electron chi connectivity index (χ2n) is 18.5. The van der Waals surface area contributed by atoms with E-state index in [-0.39, 0.29) is 0 Å². The van der Waals surface area contributed by atoms with E-state index in [1.165, 1.54) is 173 Å². The van der Waals surface area contributed by atoms with E-state index in [2.05, 4.69) is 67.8 Å². The van der Waals surface area contributed by atoms with Crippen LogP contribution in [0.4, 0.5) is 0 Å². The first-order valence-corrected chi connectivity index (χ1v) is 27.0. The normalized spacial score (nSPS) is 14.2. The van der Waals surface area contributed by atoms with Gasteiger partial charge >= 0.3 is 0 Å². The van der Waals surface area contributed by atoms with Crippen molar-refractivity contribution in [1.82, 2.24) is 5.32 Å². The van der Waals surface area contributed by atoms with Crippen molar-refractivity contribution in [2.75, 3.05) is 6.61 Å². The molecule has 0 fully saturated rings. The molecule has 0 saturated heterocycles. The molecule has 6 heteroatoms. The number of aliphatic hydroxyl groups excluding tert-OH is 4. The van der Waals surface area contributed by atoms with Gasteiger partial charge in [0.2, 0.25) is 5.91 Å². The highest BCUT2D eigenvalue weighted by Gasteiger charge is 2.28. The topological polar surface area (TPSA) is 110 Å². The molecular weight excluding hydrogens is 767 g/mol. The van der Waals surface area contributed by atoms with Gasteiger partial charge in [-0.1, -0.05) is 229 Å². The first-order valence-electron chi connectivity index (χ1n) is 27.0. The van der Waals surface area contributed by atoms with Crippen LogP contribution in [0.3, 0.4) is 0 Å². The van der Waals surface area contributed by atoms with Crippen LogP contribution < -0.4 is 5.32 Å². The number of hydrogen-bond acceptors (Lipinski definition) is 5. The lowest BCUT2D eigenvalue weighted by molar-refractivity contribution is -0.132. The van der Waals surface area contributed by atoms with Gasteiger partial charge in [0.25, 0.3) is 0 Å². The van der Waals surface area contributed by atoms with E-state index in [4.69, 9.17) is 0 Å². The van der Waals surface area contributed by atoms with Crippen LogP contribution in [0.1, 0.15) is 271 Å². The summed E-state index contributed by atoms with van der Waals surface area (Å²) in [6.07, 6.45) is 63.1. The minimum Gasteiger partial charge on any atom is -0.394 e. The van der Waals surface area contributed by atoms with Crippen LogP contribution in [-0.4, -0.2) is 57.3 Å². The molecule has 4 atom stereocenters. The van der Waals surface area contributed by atoms with Gasteiger partial charge < -0.3 is 25.7 Å². The van der Waals surface area contributed by atoms with Gasteiger partial charge in [0, 0.05) is 0 Å². The predicted octanol–water partition coefficient (Wildman–Crippen LogP) is 15.4. The molecule has 0 aromatic heterocycles. The largest absolute Gasteiger partial charge is 0.394 e. The molecule has 0 rings (SSSR count). The smallest absolute Gasteiger partial charge is 0.249 e. The van der Waals surface area contributed by atoms with E-state index in [9.17, 15) is 25.2 Å². The predicted molar refractivity (Wildman–Crippen MR) is 270 cm³/mol. The maximum absolute atomic E-state index is 12.6. The van der Waals surface area contributed by atoms with Crippen LogP contribution in [0.2, 0.25) is 0 Å². The standard InChI is InChI=1S/C56H105NO5/c1-3-5-7-9-11-13-15-17-19-21-23-25-26-27-28-29-30-32-33-35-37-39-41-43-45-47-49-53(59)55(61)52(51-58)57-56(62)54(60)50-48-46-44-42-40-38-36-34-31-24-22-20-18-16-14-12-10-8-6-4-2/h28-29,31,33-35,41,43,52-55,58-61H,3-27,30,32,36-40,42,44-51H2,1-2H3,(H,57,62)/b29-28+,34-31-,35-33+,43-41+. The summed E-state index contributed by atoms with van der Waals surface area (Å²) < 4.78 is 0. The van der Waals surface area contributed by atoms with E-state index in [1.807, 2.05) is 0 Å². The van der Waals surface area contributed by atoms with Crippen molar-refractivity contribution in [2.24, 2.45) is 0 Å². The second-order valence-corrected chi connectivity index (χ2v) is 18.5. The van der Waals surface area contributed by atoms with Crippen molar-refractivity contribution in [3.63, 3.8) is 0 Å². The monoisotopic (exact) mass is 872 g/mol. The molecule has 5 N–H and O–H groups in total. The molecule has 0 aromatic carbocycles. The molecule has 4 unspecified atom stereocenters. The molecule has 364 valence electrons. The molecule has 0 aliphatic rings. The Hall–Kier alpha value is -1.73. The molecule has 62 heavy (non-hydrogen) atoms. The summed E-state index contributed by atoms with van der Waals surface area (Å²) in [7, 11) is 0. The van der Waals surface area contributed by atoms with Gasteiger partial charge in [-0.05, 0) is 89.9 Å². The molecule has 0 saturated carbocycles. The van der Waals surface area contributed by atoms with E-state index in [0.717, 1.165) is 64.2 Å². The molecule has 0 aliphatic carbocycles. The maximum Gasteiger partial charge on any atom is 0.249 e. The maximum atomic E-state index is 12.6. The van der Waals surface area contributed by atoms with Gasteiger partial charge in [-0.15, -0.1) is 0 Å². The summed E-state index contributed by atoms with van der Waals surface area (Å²) in [5, 5.41) is 43.9. The van der Waals surface area contributed by atoms with Crippen molar-refractivity contribution in [3.8, 4) is 0 Å². The van der Waals surface area contributed by atoms with Gasteiger partial charge in [-0.2, -0.15) is 0 Å². The number of hydrogen-bond donors (Lipinski definition) is 5. The van der Waals surface area contributed by atoms with Gasteiger partial charge in [-0.25, -0.2) is 0 Å². The Labute approximate surface area is 385 Å². The summed E-state index contributed by atoms with van der Waals surface area (Å²) in [5.41, 5.74) is 0. The number of carbonyl (C=O) groups is 1. The second kappa shape index (κ2) is 50.3. The van der Waals surface area contributed by atoms with Crippen molar-refractivity contribution in [3.05, 3.63) is 48.6 Å². The summed E-state index contributed by atoms with van der Waals surface area (Å²) >= 11 is 0. The summed E-state index contributed by atoms with van der Waals surface area (Å²) in [5.74, 6) is -0.603. The number of rotatable bonds is 49. The van der Waals surface area contributed by atoms with Crippen molar-refractivity contribution >= 4 is 5.91 Å². The highest BCUT2D eigenvalue weighted by molar-refractivity contribution is 5.80. The number of carbonyl (C=O) groups excluding carboxylic acids is 1. The Balaban J connectivity index is 3.75. The van der Waals surface area contributed by atoms with Crippen molar-refractivity contribution < 1.29 is 25.2 Å². The number of aliphatic hydroxyl groups is 4. The number of allylic oxidation sites excluding steroid dienone is 8. The third-order valence-corrected chi connectivity index (χ3v) is 12.5. The lowest BCUT2D eigenvalue weighted by atomic mass is 10.00. The lowest BCUT2D eigenvalue weighted by Gasteiger charge is -2.27. The van der Waals surface area contributed by atoms with Crippen LogP contribution in [0, 0.1) is 0 Å². The highest BCUT2D eigenvalue weighted by atomic mass is 16.3. The van der Waals surface area contributed by atoms with E-state index in [1.54, 1.807) is 0 Å². The quantitative estimate of drug-likeness (QED) is 0.0309. The first-order chi connectivity index (χ1) is 30.5. The van der Waals surface area contributed by atoms with Crippen LogP contribution in [-0.2, 0) is 4.79 Å². The fourth-order valence-electron chi connectivity index (χ4n) is 8.20. The van der Waals surface area contributed by atoms with E-state index >= 15 is 0 Å². The molecule has 0 aliphatic heterocycles. The molecule has 1 amide bonds. The molecular formula is C56H105NO5. The number of unbranched alkanes of at least 4 members (excludes halogenated alkanes) is 32. The Morgan fingerprint density at radius 1 is 0.387 bits per heavy atom. The molecule has 0 aromatic rings. The fraction of sp³-hybridized carbons (Fsp3) is 0.839. The van der Waals surface area contributed by atoms with Crippen LogP contribution >= 0.6 is 0 Å². The minimum absolute atomic E-state index is 0.351. The van der Waals surface area contributed by atoms with Crippen molar-refractivity contribution in [1.29, 1.82) is 0 Å². The van der Waals surface area contributed by atoms with Crippen molar-refractivity contribution in [2.45, 2.75) is 295 Å².